The summed E-state index contributed by atoms with van der Waals surface area (Å²) in [6.45, 7) is 0. The number of rotatable bonds is 2. The molecule has 0 bridgehead atoms. The van der Waals surface area contributed by atoms with Gasteiger partial charge in [-0.3, -0.25) is 4.79 Å². The van der Waals surface area contributed by atoms with Crippen molar-refractivity contribution >= 4 is 39.3 Å². The monoisotopic (exact) mass is 370 g/mol. The fraction of sp³-hybridized carbons (Fsp3) is 0.0714. The number of benzene rings is 2. The van der Waals surface area contributed by atoms with E-state index in [2.05, 4.69) is 21.2 Å². The second-order valence-electron chi connectivity index (χ2n) is 4.51. The summed E-state index contributed by atoms with van der Waals surface area (Å²) in [7, 11) is 0. The quantitative estimate of drug-likeness (QED) is 0.844. The molecule has 21 heavy (non-hydrogen) atoms. The molecule has 7 heteroatoms. The lowest BCUT2D eigenvalue weighted by molar-refractivity contribution is -0.116. The van der Waals surface area contributed by atoms with Crippen LogP contribution in [0.5, 0.6) is 0 Å². The zero-order chi connectivity index (χ0) is 15.1. The summed E-state index contributed by atoms with van der Waals surface area (Å²) < 4.78 is 27.3. The van der Waals surface area contributed by atoms with E-state index >= 15 is 0 Å². The Kier molecular flexibility index (Phi) is 3.73. The molecule has 1 atom stereocenters. The molecule has 1 heterocycles. The van der Waals surface area contributed by atoms with Gasteiger partial charge < -0.3 is 11.1 Å². The van der Waals surface area contributed by atoms with E-state index in [-0.39, 0.29) is 5.91 Å². The average Bonchev–Trinajstić information content (AvgIpc) is 2.69. The molecule has 108 valence electrons. The number of hydrogen-bond donors (Lipinski definition) is 2. The van der Waals surface area contributed by atoms with Crippen molar-refractivity contribution in [2.75, 3.05) is 5.32 Å². The highest BCUT2D eigenvalue weighted by Crippen LogP contribution is 2.41. The largest absolute Gasteiger partial charge is 0.324 e. The van der Waals surface area contributed by atoms with Crippen LogP contribution in [-0.2, 0) is 4.79 Å². The van der Waals surface area contributed by atoms with Crippen molar-refractivity contribution in [1.29, 1.82) is 0 Å². The molecule has 3 nitrogen and oxygen atoms in total. The summed E-state index contributed by atoms with van der Waals surface area (Å²) in [5.41, 5.74) is 7.06. The van der Waals surface area contributed by atoms with Crippen molar-refractivity contribution in [3.05, 3.63) is 52.0 Å². The van der Waals surface area contributed by atoms with Gasteiger partial charge in [-0.1, -0.05) is 11.8 Å². The Balaban J connectivity index is 1.97. The molecule has 0 saturated heterocycles. The van der Waals surface area contributed by atoms with Gasteiger partial charge in [-0.05, 0) is 40.2 Å². The standard InChI is InChI=1S/C14H9BrF2N2OS/c15-8-4-7-10(19-14(20)13(7)18)5-12(8)21-11-2-1-6(16)3-9(11)17/h1-5,13H,18H2,(H,19,20). The maximum atomic E-state index is 13.7. The average molecular weight is 371 g/mol. The maximum absolute atomic E-state index is 13.7. The molecule has 2 aromatic carbocycles. The lowest BCUT2D eigenvalue weighted by Crippen LogP contribution is -2.19. The Morgan fingerprint density at radius 2 is 1.95 bits per heavy atom. The van der Waals surface area contributed by atoms with Crippen LogP contribution in [0.3, 0.4) is 0 Å². The van der Waals surface area contributed by atoms with Crippen LogP contribution < -0.4 is 11.1 Å². The second kappa shape index (κ2) is 5.40. The lowest BCUT2D eigenvalue weighted by atomic mass is 10.1. The Morgan fingerprint density at radius 1 is 1.19 bits per heavy atom. The van der Waals surface area contributed by atoms with E-state index in [1.54, 1.807) is 12.1 Å². The van der Waals surface area contributed by atoms with Gasteiger partial charge in [0.15, 0.2) is 0 Å². The third kappa shape index (κ3) is 2.68. The molecule has 0 fully saturated rings. The van der Waals surface area contributed by atoms with Crippen molar-refractivity contribution in [2.24, 2.45) is 5.73 Å². The molecule has 0 aromatic heterocycles. The number of amides is 1. The zero-order valence-electron chi connectivity index (χ0n) is 10.5. The number of hydrogen-bond acceptors (Lipinski definition) is 3. The van der Waals surface area contributed by atoms with Crippen LogP contribution in [0, 0.1) is 11.6 Å². The highest BCUT2D eigenvalue weighted by Gasteiger charge is 2.28. The van der Waals surface area contributed by atoms with E-state index in [0.717, 1.165) is 17.8 Å². The van der Waals surface area contributed by atoms with E-state index in [0.29, 0.717) is 25.5 Å². The first-order chi connectivity index (χ1) is 9.95. The highest BCUT2D eigenvalue weighted by molar-refractivity contribution is 9.10. The Hall–Kier alpha value is -1.44. The Morgan fingerprint density at radius 3 is 2.67 bits per heavy atom. The number of carbonyl (C=O) groups is 1. The summed E-state index contributed by atoms with van der Waals surface area (Å²) in [6, 6.07) is 6.17. The number of anilines is 1. The van der Waals surface area contributed by atoms with Crippen molar-refractivity contribution in [3.8, 4) is 0 Å². The summed E-state index contributed by atoms with van der Waals surface area (Å²) in [6.07, 6.45) is 0. The molecule has 0 saturated carbocycles. The molecular weight excluding hydrogens is 362 g/mol. The van der Waals surface area contributed by atoms with Crippen LogP contribution >= 0.6 is 27.7 Å². The fourth-order valence-corrected chi connectivity index (χ4v) is 3.51. The minimum absolute atomic E-state index is 0.271. The van der Waals surface area contributed by atoms with Crippen LogP contribution in [0.1, 0.15) is 11.6 Å². The van der Waals surface area contributed by atoms with E-state index < -0.39 is 17.7 Å². The molecule has 2 aromatic rings. The first-order valence-electron chi connectivity index (χ1n) is 5.98. The Bertz CT molecular complexity index is 754. The molecule has 0 radical (unpaired) electrons. The van der Waals surface area contributed by atoms with Gasteiger partial charge in [0.2, 0.25) is 5.91 Å². The molecule has 1 aliphatic rings. The Labute approximate surface area is 132 Å². The second-order valence-corrected chi connectivity index (χ2v) is 6.45. The number of carbonyl (C=O) groups excluding carboxylic acids is 1. The highest BCUT2D eigenvalue weighted by atomic mass is 79.9. The third-order valence-corrected chi connectivity index (χ3v) is 5.12. The first kappa shape index (κ1) is 14.5. The third-order valence-electron chi connectivity index (χ3n) is 3.09. The predicted octanol–water partition coefficient (Wildman–Crippen LogP) is 3.83. The van der Waals surface area contributed by atoms with E-state index in [4.69, 9.17) is 5.73 Å². The van der Waals surface area contributed by atoms with E-state index in [9.17, 15) is 13.6 Å². The molecule has 3 rings (SSSR count). The van der Waals surface area contributed by atoms with Crippen molar-refractivity contribution in [2.45, 2.75) is 15.8 Å². The SMILES string of the molecule is NC1C(=O)Nc2cc(Sc3ccc(F)cc3F)c(Br)cc21. The van der Waals surface area contributed by atoms with Crippen LogP contribution in [0.15, 0.2) is 44.6 Å². The van der Waals surface area contributed by atoms with Crippen LogP contribution in [0.25, 0.3) is 0 Å². The number of fused-ring (bicyclic) bond motifs is 1. The van der Waals surface area contributed by atoms with Crippen molar-refractivity contribution in [3.63, 3.8) is 0 Å². The van der Waals surface area contributed by atoms with Gasteiger partial charge in [-0.15, -0.1) is 0 Å². The number of halogens is 3. The zero-order valence-corrected chi connectivity index (χ0v) is 12.9. The van der Waals surface area contributed by atoms with Gasteiger partial charge in [0, 0.05) is 31.6 Å². The van der Waals surface area contributed by atoms with Crippen LogP contribution in [0.4, 0.5) is 14.5 Å². The van der Waals surface area contributed by atoms with Gasteiger partial charge in [0.1, 0.15) is 17.7 Å². The maximum Gasteiger partial charge on any atom is 0.245 e. The van der Waals surface area contributed by atoms with Gasteiger partial charge in [0.05, 0.1) is 0 Å². The van der Waals surface area contributed by atoms with E-state index in [1.807, 2.05) is 0 Å². The van der Waals surface area contributed by atoms with Crippen LogP contribution in [0.2, 0.25) is 0 Å². The minimum Gasteiger partial charge on any atom is -0.324 e. The summed E-state index contributed by atoms with van der Waals surface area (Å²) in [5.74, 6) is -1.52. The fourth-order valence-electron chi connectivity index (χ4n) is 2.04. The van der Waals surface area contributed by atoms with Gasteiger partial charge in [-0.2, -0.15) is 0 Å². The lowest BCUT2D eigenvalue weighted by Gasteiger charge is -2.09. The van der Waals surface area contributed by atoms with Crippen molar-refractivity contribution < 1.29 is 13.6 Å². The van der Waals surface area contributed by atoms with Crippen LogP contribution in [-0.4, -0.2) is 5.91 Å². The summed E-state index contributed by atoms with van der Waals surface area (Å²) in [4.78, 5) is 12.5. The smallest absolute Gasteiger partial charge is 0.245 e. The van der Waals surface area contributed by atoms with E-state index in [1.165, 1.54) is 12.1 Å². The molecule has 1 amide bonds. The molecule has 3 N–H and O–H groups in total. The first-order valence-corrected chi connectivity index (χ1v) is 7.59. The molecular formula is C14H9BrF2N2OS. The number of nitrogens with two attached hydrogens (primary N) is 1. The molecule has 1 aliphatic heterocycles. The number of nitrogens with one attached hydrogen (secondary N) is 1. The summed E-state index contributed by atoms with van der Waals surface area (Å²) >= 11 is 4.52. The van der Waals surface area contributed by atoms with Gasteiger partial charge >= 0.3 is 0 Å². The predicted molar refractivity (Wildman–Crippen MR) is 80.2 cm³/mol. The molecule has 1 unspecified atom stereocenters. The van der Waals surface area contributed by atoms with Crippen molar-refractivity contribution in [1.82, 2.24) is 0 Å². The molecule has 0 aliphatic carbocycles. The topological polar surface area (TPSA) is 55.1 Å². The molecule has 0 spiro atoms. The van der Waals surface area contributed by atoms with Gasteiger partial charge in [-0.25, -0.2) is 8.78 Å². The minimum atomic E-state index is -0.696. The van der Waals surface area contributed by atoms with Gasteiger partial charge in [0.25, 0.3) is 0 Å². The normalized spacial score (nSPS) is 16.8. The summed E-state index contributed by atoms with van der Waals surface area (Å²) in [5, 5.41) is 2.67.